The summed E-state index contributed by atoms with van der Waals surface area (Å²) in [6.45, 7) is 2.81. The molecule has 5 atom stereocenters. The largest absolute Gasteiger partial charge is 0.481 e. The first-order chi connectivity index (χ1) is 18.0. The maximum absolute atomic E-state index is 14.6. The zero-order valence-corrected chi connectivity index (χ0v) is 20.3. The first-order valence-corrected chi connectivity index (χ1v) is 12.7. The molecular weight excluding hydrogens is 485 g/mol. The van der Waals surface area contributed by atoms with Crippen molar-refractivity contribution in [1.82, 2.24) is 19.7 Å². The van der Waals surface area contributed by atoms with Crippen LogP contribution in [-0.4, -0.2) is 52.6 Å². The molecule has 1 saturated heterocycles. The van der Waals surface area contributed by atoms with E-state index in [0.717, 1.165) is 31.3 Å². The van der Waals surface area contributed by atoms with E-state index in [1.54, 1.807) is 18.0 Å². The van der Waals surface area contributed by atoms with Crippen LogP contribution in [0.5, 0.6) is 5.88 Å². The fourth-order valence-corrected chi connectivity index (χ4v) is 6.96. The van der Waals surface area contributed by atoms with Crippen LogP contribution >= 0.6 is 0 Å². The van der Waals surface area contributed by atoms with Gasteiger partial charge in [-0.05, 0) is 48.8 Å². The van der Waals surface area contributed by atoms with Gasteiger partial charge in [-0.3, -0.25) is 0 Å². The van der Waals surface area contributed by atoms with Gasteiger partial charge in [0.25, 0.3) is 0 Å². The SMILES string of the molecule is COc1cc(N2C[C@H]3[C@H](Nc4nc5n(n4)CCCO[C@@H]5c4ccc(F)c(F)c4F)C4CCC43C2)ccn1. The van der Waals surface area contributed by atoms with Crippen LogP contribution < -0.4 is 15.0 Å². The molecule has 0 radical (unpaired) electrons. The lowest BCUT2D eigenvalue weighted by Crippen LogP contribution is -2.68. The van der Waals surface area contributed by atoms with Crippen molar-refractivity contribution in [2.75, 3.05) is 37.0 Å². The number of halogens is 3. The van der Waals surface area contributed by atoms with Crippen molar-refractivity contribution in [2.45, 2.75) is 38.0 Å². The average Bonchev–Trinajstić information content (AvgIpc) is 3.43. The maximum Gasteiger partial charge on any atom is 0.242 e. The van der Waals surface area contributed by atoms with Gasteiger partial charge in [-0.2, -0.15) is 4.98 Å². The molecule has 3 fully saturated rings. The number of methoxy groups -OCH3 is 1. The molecule has 1 aromatic carbocycles. The van der Waals surface area contributed by atoms with Crippen LogP contribution in [0.15, 0.2) is 30.5 Å². The highest BCUT2D eigenvalue weighted by Crippen LogP contribution is 2.68. The molecule has 2 aromatic heterocycles. The van der Waals surface area contributed by atoms with Gasteiger partial charge in [0.1, 0.15) is 6.10 Å². The van der Waals surface area contributed by atoms with Crippen molar-refractivity contribution < 1.29 is 22.6 Å². The summed E-state index contributed by atoms with van der Waals surface area (Å²) < 4.78 is 55.0. The van der Waals surface area contributed by atoms with E-state index in [2.05, 4.69) is 25.3 Å². The molecule has 11 heteroatoms. The van der Waals surface area contributed by atoms with Crippen molar-refractivity contribution in [1.29, 1.82) is 0 Å². The zero-order valence-electron chi connectivity index (χ0n) is 20.3. The summed E-state index contributed by atoms with van der Waals surface area (Å²) >= 11 is 0. The van der Waals surface area contributed by atoms with E-state index in [1.165, 1.54) is 12.5 Å². The number of rotatable bonds is 5. The zero-order chi connectivity index (χ0) is 25.3. The van der Waals surface area contributed by atoms with Crippen molar-refractivity contribution in [3.8, 4) is 5.88 Å². The smallest absolute Gasteiger partial charge is 0.242 e. The number of hydrogen-bond donors (Lipinski definition) is 1. The number of pyridine rings is 1. The summed E-state index contributed by atoms with van der Waals surface area (Å²) in [4.78, 5) is 11.3. The van der Waals surface area contributed by atoms with Gasteiger partial charge in [0.2, 0.25) is 11.8 Å². The third kappa shape index (κ3) is 3.36. The molecule has 2 saturated carbocycles. The Kier molecular flexibility index (Phi) is 5.14. The summed E-state index contributed by atoms with van der Waals surface area (Å²) in [7, 11) is 1.62. The van der Waals surface area contributed by atoms with Crippen LogP contribution in [0.4, 0.5) is 24.8 Å². The van der Waals surface area contributed by atoms with Gasteiger partial charge in [-0.1, -0.05) is 0 Å². The first kappa shape index (κ1) is 22.8. The van der Waals surface area contributed by atoms with E-state index in [-0.39, 0.29) is 11.6 Å². The highest BCUT2D eigenvalue weighted by molar-refractivity contribution is 5.52. The van der Waals surface area contributed by atoms with Crippen LogP contribution in [0.1, 0.15) is 36.8 Å². The molecule has 0 amide bonds. The van der Waals surface area contributed by atoms with E-state index in [1.807, 2.05) is 12.1 Å². The number of nitrogens with zero attached hydrogens (tertiary/aromatic N) is 5. The van der Waals surface area contributed by atoms with Gasteiger partial charge in [-0.15, -0.1) is 5.10 Å². The van der Waals surface area contributed by atoms with Crippen molar-refractivity contribution in [3.63, 3.8) is 0 Å². The van der Waals surface area contributed by atoms with E-state index in [9.17, 15) is 13.2 Å². The van der Waals surface area contributed by atoms with Crippen LogP contribution in [-0.2, 0) is 11.3 Å². The summed E-state index contributed by atoms with van der Waals surface area (Å²) in [5.41, 5.74) is 1.33. The normalized spacial score (nSPS) is 29.9. The average molecular weight is 513 g/mol. The monoisotopic (exact) mass is 512 g/mol. The Morgan fingerprint density at radius 1 is 1.16 bits per heavy atom. The predicted molar refractivity (Wildman–Crippen MR) is 128 cm³/mol. The van der Waals surface area contributed by atoms with Crippen LogP contribution in [0.25, 0.3) is 0 Å². The Labute approximate surface area is 211 Å². The number of aromatic nitrogens is 4. The summed E-state index contributed by atoms with van der Waals surface area (Å²) in [5.74, 6) is -1.56. The second kappa shape index (κ2) is 8.34. The number of benzene rings is 1. The van der Waals surface area contributed by atoms with Crippen LogP contribution in [0.3, 0.4) is 0 Å². The van der Waals surface area contributed by atoms with E-state index in [4.69, 9.17) is 9.47 Å². The fourth-order valence-electron chi connectivity index (χ4n) is 6.96. The summed E-state index contributed by atoms with van der Waals surface area (Å²) in [6.07, 6.45) is 3.82. The molecule has 2 aliphatic carbocycles. The molecule has 4 aliphatic rings. The number of hydrogen-bond acceptors (Lipinski definition) is 7. The summed E-state index contributed by atoms with van der Waals surface area (Å²) in [5, 5.41) is 8.22. The van der Waals surface area contributed by atoms with Crippen molar-refractivity contribution in [3.05, 3.63) is 59.3 Å². The lowest BCUT2D eigenvalue weighted by Gasteiger charge is -2.65. The van der Waals surface area contributed by atoms with E-state index in [0.29, 0.717) is 54.5 Å². The predicted octanol–water partition coefficient (Wildman–Crippen LogP) is 3.94. The lowest BCUT2D eigenvalue weighted by atomic mass is 9.41. The molecule has 2 unspecified atom stereocenters. The molecule has 3 aromatic rings. The number of nitrogens with one attached hydrogen (secondary N) is 1. The Bertz CT molecular complexity index is 1370. The highest BCUT2D eigenvalue weighted by atomic mass is 19.2. The van der Waals surface area contributed by atoms with Gasteiger partial charge >= 0.3 is 0 Å². The molecule has 1 N–H and O–H groups in total. The third-order valence-electron chi connectivity index (χ3n) is 8.84. The minimum atomic E-state index is -1.51. The maximum atomic E-state index is 14.6. The van der Waals surface area contributed by atoms with Gasteiger partial charge in [0, 0.05) is 61.7 Å². The molecule has 194 valence electrons. The number of aryl methyl sites for hydroxylation is 1. The van der Waals surface area contributed by atoms with Crippen LogP contribution in [0.2, 0.25) is 0 Å². The topological polar surface area (TPSA) is 77.3 Å². The molecule has 8 nitrogen and oxygen atoms in total. The molecule has 37 heavy (non-hydrogen) atoms. The van der Waals surface area contributed by atoms with Gasteiger partial charge in [0.05, 0.1) is 7.11 Å². The standard InChI is InChI=1S/C26H27F3N6O2/c1-36-19-11-14(6-8-30-19)34-12-17-22(16-5-7-26(16,17)13-34)31-25-32-24-23(37-10-2-9-35(24)33-25)15-3-4-18(27)21(29)20(15)28/h3-4,6,8,11,16-17,22-23H,2,5,7,9-10,12-13H2,1H3,(H,31,33)/t16?,17-,22+,23+,26?/m0/s1. The lowest BCUT2D eigenvalue weighted by molar-refractivity contribution is -0.117. The Morgan fingerprint density at radius 2 is 2.05 bits per heavy atom. The Hall–Kier alpha value is -3.34. The van der Waals surface area contributed by atoms with Gasteiger partial charge in [0.15, 0.2) is 23.3 Å². The molecule has 4 heterocycles. The highest BCUT2D eigenvalue weighted by Gasteiger charge is 2.70. The minimum absolute atomic E-state index is 0.0816. The second-order valence-corrected chi connectivity index (χ2v) is 10.5. The second-order valence-electron chi connectivity index (χ2n) is 10.5. The van der Waals surface area contributed by atoms with Crippen molar-refractivity contribution >= 4 is 11.6 Å². The van der Waals surface area contributed by atoms with E-state index < -0.39 is 23.6 Å². The van der Waals surface area contributed by atoms with E-state index >= 15 is 0 Å². The number of anilines is 2. The molecule has 1 spiro atoms. The Balaban J connectivity index is 1.14. The Morgan fingerprint density at radius 3 is 2.86 bits per heavy atom. The number of ether oxygens (including phenoxy) is 2. The fraction of sp³-hybridized carbons (Fsp3) is 0.500. The number of fused-ring (bicyclic) bond motifs is 1. The van der Waals surface area contributed by atoms with Crippen molar-refractivity contribution in [2.24, 2.45) is 17.3 Å². The third-order valence-corrected chi connectivity index (χ3v) is 8.84. The van der Waals surface area contributed by atoms with Gasteiger partial charge in [-0.25, -0.2) is 22.8 Å². The molecular formula is C26H27F3N6O2. The van der Waals surface area contributed by atoms with Gasteiger partial charge < -0.3 is 19.7 Å². The molecule has 2 aliphatic heterocycles. The summed E-state index contributed by atoms with van der Waals surface area (Å²) in [6, 6.07) is 6.35. The van der Waals surface area contributed by atoms with Crippen LogP contribution in [0, 0.1) is 34.7 Å². The molecule has 7 rings (SSSR count). The minimum Gasteiger partial charge on any atom is -0.481 e. The quantitative estimate of drug-likeness (QED) is 0.519. The molecule has 0 bridgehead atoms. The first-order valence-electron chi connectivity index (χ1n) is 12.7.